The van der Waals surface area contributed by atoms with E-state index in [2.05, 4.69) is 10.3 Å². The Morgan fingerprint density at radius 1 is 1.14 bits per heavy atom. The van der Waals surface area contributed by atoms with Crippen molar-refractivity contribution in [3.05, 3.63) is 65.2 Å². The molecule has 2 aromatic rings. The highest BCUT2D eigenvalue weighted by atomic mass is 19.2. The minimum atomic E-state index is -1.66. The van der Waals surface area contributed by atoms with Crippen LogP contribution in [0.4, 0.5) is 13.2 Å². The number of carbonyl (C=O) groups is 1. The Hall–Kier alpha value is -2.37. The molecule has 0 aliphatic rings. The quantitative estimate of drug-likeness (QED) is 0.884. The van der Waals surface area contributed by atoms with Crippen LogP contribution in [0.25, 0.3) is 0 Å². The van der Waals surface area contributed by atoms with Gasteiger partial charge in [-0.1, -0.05) is 6.07 Å². The molecule has 1 N–H and O–H groups in total. The topological polar surface area (TPSA) is 42.0 Å². The van der Waals surface area contributed by atoms with Crippen LogP contribution < -0.4 is 5.32 Å². The molecule has 1 aromatic heterocycles. The Balaban J connectivity index is 2.28. The second-order valence-electron chi connectivity index (χ2n) is 5.04. The van der Waals surface area contributed by atoms with Crippen molar-refractivity contribution < 1.29 is 18.0 Å². The minimum Gasteiger partial charge on any atom is -0.343 e. The molecule has 0 radical (unpaired) electrons. The van der Waals surface area contributed by atoms with E-state index >= 15 is 0 Å². The number of benzene rings is 1. The average Bonchev–Trinajstić information content (AvgIpc) is 2.45. The molecule has 1 heterocycles. The summed E-state index contributed by atoms with van der Waals surface area (Å²) in [6.07, 6.45) is 3.14. The van der Waals surface area contributed by atoms with Crippen molar-refractivity contribution in [2.75, 3.05) is 0 Å². The molecule has 0 atom stereocenters. The van der Waals surface area contributed by atoms with Gasteiger partial charge in [0.05, 0.1) is 11.1 Å². The number of amides is 1. The fourth-order valence-electron chi connectivity index (χ4n) is 1.86. The molecular weight excluding hydrogens is 281 g/mol. The van der Waals surface area contributed by atoms with Crippen LogP contribution in [0.5, 0.6) is 0 Å². The first-order valence-corrected chi connectivity index (χ1v) is 6.19. The molecule has 110 valence electrons. The maximum Gasteiger partial charge on any atom is 0.255 e. The second kappa shape index (κ2) is 5.55. The molecule has 0 saturated carbocycles. The number of hydrogen-bond acceptors (Lipinski definition) is 2. The number of carbonyl (C=O) groups excluding carboxylic acids is 1. The third kappa shape index (κ3) is 3.04. The predicted molar refractivity (Wildman–Crippen MR) is 71.0 cm³/mol. The fraction of sp³-hybridized carbons (Fsp3) is 0.200. The summed E-state index contributed by atoms with van der Waals surface area (Å²) >= 11 is 0. The van der Waals surface area contributed by atoms with Crippen LogP contribution in [0, 0.1) is 17.5 Å². The summed E-state index contributed by atoms with van der Waals surface area (Å²) in [4.78, 5) is 16.0. The van der Waals surface area contributed by atoms with Crippen LogP contribution >= 0.6 is 0 Å². The maximum absolute atomic E-state index is 13.6. The fourth-order valence-corrected chi connectivity index (χ4v) is 1.86. The summed E-state index contributed by atoms with van der Waals surface area (Å²) in [5.41, 5.74) is -0.699. The second-order valence-corrected chi connectivity index (χ2v) is 5.04. The number of hydrogen-bond donors (Lipinski definition) is 1. The van der Waals surface area contributed by atoms with E-state index in [0.29, 0.717) is 11.6 Å². The molecule has 0 spiro atoms. The SMILES string of the molecule is CC(C)(NC(=O)c1ccc(F)c(F)c1F)c1cccnc1. The van der Waals surface area contributed by atoms with Gasteiger partial charge in [-0.15, -0.1) is 0 Å². The smallest absolute Gasteiger partial charge is 0.255 e. The van der Waals surface area contributed by atoms with E-state index in [4.69, 9.17) is 0 Å². The summed E-state index contributed by atoms with van der Waals surface area (Å²) in [6.45, 7) is 3.39. The molecule has 6 heteroatoms. The number of aromatic nitrogens is 1. The molecule has 3 nitrogen and oxygen atoms in total. The van der Waals surface area contributed by atoms with Gasteiger partial charge in [-0.25, -0.2) is 13.2 Å². The van der Waals surface area contributed by atoms with Gasteiger partial charge in [-0.3, -0.25) is 9.78 Å². The highest BCUT2D eigenvalue weighted by molar-refractivity contribution is 5.95. The van der Waals surface area contributed by atoms with Crippen molar-refractivity contribution in [2.24, 2.45) is 0 Å². The lowest BCUT2D eigenvalue weighted by Gasteiger charge is -2.26. The van der Waals surface area contributed by atoms with Gasteiger partial charge in [0.15, 0.2) is 17.5 Å². The van der Waals surface area contributed by atoms with Crippen molar-refractivity contribution >= 4 is 5.91 Å². The molecule has 0 aliphatic carbocycles. The van der Waals surface area contributed by atoms with E-state index in [1.165, 1.54) is 0 Å². The zero-order valence-electron chi connectivity index (χ0n) is 11.5. The predicted octanol–water partition coefficient (Wildman–Crippen LogP) is 3.16. The van der Waals surface area contributed by atoms with Gasteiger partial charge in [0.2, 0.25) is 0 Å². The molecule has 0 fully saturated rings. The van der Waals surface area contributed by atoms with Crippen molar-refractivity contribution in [1.82, 2.24) is 10.3 Å². The van der Waals surface area contributed by atoms with Crippen LogP contribution in [0.3, 0.4) is 0 Å². The van der Waals surface area contributed by atoms with Gasteiger partial charge < -0.3 is 5.32 Å². The lowest BCUT2D eigenvalue weighted by Crippen LogP contribution is -2.41. The number of halogens is 3. The number of rotatable bonds is 3. The maximum atomic E-state index is 13.6. The van der Waals surface area contributed by atoms with E-state index in [9.17, 15) is 18.0 Å². The van der Waals surface area contributed by atoms with Gasteiger partial charge in [0.25, 0.3) is 5.91 Å². The zero-order chi connectivity index (χ0) is 15.6. The van der Waals surface area contributed by atoms with Crippen molar-refractivity contribution in [3.8, 4) is 0 Å². The largest absolute Gasteiger partial charge is 0.343 e. The molecule has 0 aliphatic heterocycles. The number of nitrogens with one attached hydrogen (secondary N) is 1. The first-order valence-electron chi connectivity index (χ1n) is 6.19. The number of nitrogens with zero attached hydrogens (tertiary/aromatic N) is 1. The molecular formula is C15H13F3N2O. The highest BCUT2D eigenvalue weighted by Gasteiger charge is 2.26. The third-order valence-corrected chi connectivity index (χ3v) is 3.09. The molecule has 1 amide bonds. The Kier molecular flexibility index (Phi) is 3.97. The van der Waals surface area contributed by atoms with Gasteiger partial charge in [-0.05, 0) is 37.6 Å². The molecule has 2 rings (SSSR count). The molecule has 0 saturated heterocycles. The van der Waals surface area contributed by atoms with Gasteiger partial charge >= 0.3 is 0 Å². The molecule has 1 aromatic carbocycles. The lowest BCUT2D eigenvalue weighted by atomic mass is 9.95. The Morgan fingerprint density at radius 2 is 1.86 bits per heavy atom. The Morgan fingerprint density at radius 3 is 2.48 bits per heavy atom. The van der Waals surface area contributed by atoms with Gasteiger partial charge in [-0.2, -0.15) is 0 Å². The van der Waals surface area contributed by atoms with E-state index in [1.807, 2.05) is 0 Å². The summed E-state index contributed by atoms with van der Waals surface area (Å²) in [7, 11) is 0. The van der Waals surface area contributed by atoms with E-state index in [1.54, 1.807) is 38.4 Å². The van der Waals surface area contributed by atoms with E-state index in [-0.39, 0.29) is 0 Å². The van der Waals surface area contributed by atoms with Crippen LogP contribution in [0.15, 0.2) is 36.7 Å². The molecule has 0 unspecified atom stereocenters. The minimum absolute atomic E-state index is 0.550. The standard InChI is InChI=1S/C15H13F3N2O/c1-15(2,9-4-3-7-19-8-9)20-14(21)10-5-6-11(16)13(18)12(10)17/h3-8H,1-2H3,(H,20,21). The molecule has 0 bridgehead atoms. The zero-order valence-corrected chi connectivity index (χ0v) is 11.5. The summed E-state index contributed by atoms with van der Waals surface area (Å²) in [5.74, 6) is -5.34. The third-order valence-electron chi connectivity index (χ3n) is 3.09. The van der Waals surface area contributed by atoms with E-state index < -0.39 is 34.5 Å². The van der Waals surface area contributed by atoms with Crippen molar-refractivity contribution in [3.63, 3.8) is 0 Å². The normalized spacial score (nSPS) is 11.3. The van der Waals surface area contributed by atoms with Crippen molar-refractivity contribution in [1.29, 1.82) is 0 Å². The van der Waals surface area contributed by atoms with Gasteiger partial charge in [0, 0.05) is 12.4 Å². The summed E-state index contributed by atoms with van der Waals surface area (Å²) < 4.78 is 39.6. The van der Waals surface area contributed by atoms with Crippen LogP contribution in [0.2, 0.25) is 0 Å². The molecule has 21 heavy (non-hydrogen) atoms. The Labute approximate surface area is 119 Å². The monoisotopic (exact) mass is 294 g/mol. The Bertz CT molecular complexity index is 672. The first-order chi connectivity index (χ1) is 9.83. The van der Waals surface area contributed by atoms with Gasteiger partial charge in [0.1, 0.15) is 0 Å². The van der Waals surface area contributed by atoms with E-state index in [0.717, 1.165) is 6.07 Å². The average molecular weight is 294 g/mol. The highest BCUT2D eigenvalue weighted by Crippen LogP contribution is 2.21. The number of pyridine rings is 1. The summed E-state index contributed by atoms with van der Waals surface area (Å²) in [6, 6.07) is 5.06. The van der Waals surface area contributed by atoms with Crippen LogP contribution in [0.1, 0.15) is 29.8 Å². The lowest BCUT2D eigenvalue weighted by molar-refractivity contribution is 0.0906. The summed E-state index contributed by atoms with van der Waals surface area (Å²) in [5, 5.41) is 2.57. The van der Waals surface area contributed by atoms with Crippen LogP contribution in [-0.4, -0.2) is 10.9 Å². The first kappa shape index (κ1) is 15.0. The van der Waals surface area contributed by atoms with Crippen LogP contribution in [-0.2, 0) is 5.54 Å². The van der Waals surface area contributed by atoms with Crippen molar-refractivity contribution in [2.45, 2.75) is 19.4 Å².